The van der Waals surface area contributed by atoms with Gasteiger partial charge in [-0.3, -0.25) is 4.99 Å². The van der Waals surface area contributed by atoms with Gasteiger partial charge in [-0.1, -0.05) is 6.07 Å². The first-order valence-electron chi connectivity index (χ1n) is 9.95. The molecular formula is C23H23FN6. The average molecular weight is 402 g/mol. The van der Waals surface area contributed by atoms with Gasteiger partial charge in [-0.2, -0.15) is 0 Å². The topological polar surface area (TPSA) is 94.0 Å². The van der Waals surface area contributed by atoms with E-state index < -0.39 is 5.66 Å². The van der Waals surface area contributed by atoms with Gasteiger partial charge in [-0.25, -0.2) is 4.39 Å². The van der Waals surface area contributed by atoms with Crippen molar-refractivity contribution in [3.63, 3.8) is 0 Å². The number of nitrogens with two attached hydrogens (primary N) is 1. The minimum Gasteiger partial charge on any atom is -0.361 e. The van der Waals surface area contributed by atoms with Gasteiger partial charge in [0.05, 0.1) is 0 Å². The normalized spacial score (nSPS) is 20.0. The van der Waals surface area contributed by atoms with Gasteiger partial charge in [-0.05, 0) is 65.4 Å². The number of halogens is 1. The van der Waals surface area contributed by atoms with Crippen LogP contribution in [0.3, 0.4) is 0 Å². The molecule has 0 fully saturated rings. The Morgan fingerprint density at radius 1 is 1.03 bits per heavy atom. The first-order chi connectivity index (χ1) is 14.6. The zero-order valence-corrected chi connectivity index (χ0v) is 16.4. The fourth-order valence-corrected chi connectivity index (χ4v) is 3.95. The number of nitrogens with zero attached hydrogens (tertiary/aromatic N) is 1. The van der Waals surface area contributed by atoms with Crippen molar-refractivity contribution in [1.29, 1.82) is 0 Å². The van der Waals surface area contributed by atoms with Gasteiger partial charge in [0.1, 0.15) is 11.5 Å². The maximum Gasteiger partial charge on any atom is 0.197 e. The molecule has 152 valence electrons. The molecule has 0 aliphatic carbocycles. The highest BCUT2D eigenvalue weighted by Crippen LogP contribution is 2.20. The third kappa shape index (κ3) is 3.67. The summed E-state index contributed by atoms with van der Waals surface area (Å²) in [7, 11) is 0. The molecule has 6 N–H and O–H groups in total. The summed E-state index contributed by atoms with van der Waals surface area (Å²) in [5, 5.41) is 8.48. The van der Waals surface area contributed by atoms with Crippen LogP contribution in [0.25, 0.3) is 21.8 Å². The van der Waals surface area contributed by atoms with Crippen LogP contribution in [0.15, 0.2) is 72.1 Å². The van der Waals surface area contributed by atoms with Gasteiger partial charge in [-0.15, -0.1) is 0 Å². The molecular weight excluding hydrogens is 379 g/mol. The van der Waals surface area contributed by atoms with E-state index in [2.05, 4.69) is 49.9 Å². The lowest BCUT2D eigenvalue weighted by molar-refractivity contribution is 0.472. The van der Waals surface area contributed by atoms with Crippen LogP contribution in [0.5, 0.6) is 0 Å². The predicted molar refractivity (Wildman–Crippen MR) is 119 cm³/mol. The van der Waals surface area contributed by atoms with E-state index in [-0.39, 0.29) is 5.82 Å². The Morgan fingerprint density at radius 2 is 1.93 bits per heavy atom. The Bertz CT molecular complexity index is 1270. The predicted octanol–water partition coefficient (Wildman–Crippen LogP) is 3.29. The zero-order valence-electron chi connectivity index (χ0n) is 16.4. The Balaban J connectivity index is 1.27. The molecule has 2 aromatic carbocycles. The monoisotopic (exact) mass is 402 g/mol. The summed E-state index contributed by atoms with van der Waals surface area (Å²) in [6.45, 7) is 0.554. The molecule has 0 spiro atoms. The summed E-state index contributed by atoms with van der Waals surface area (Å²) >= 11 is 0. The van der Waals surface area contributed by atoms with E-state index in [1.54, 1.807) is 12.1 Å². The number of aliphatic imine (C=N–C) groups is 1. The molecule has 0 radical (unpaired) electrons. The molecule has 0 bridgehead atoms. The summed E-state index contributed by atoms with van der Waals surface area (Å²) < 4.78 is 13.6. The van der Waals surface area contributed by atoms with Crippen LogP contribution in [0.1, 0.15) is 11.1 Å². The number of fused-ring (bicyclic) bond motifs is 2. The highest BCUT2D eigenvalue weighted by Gasteiger charge is 2.26. The number of hydrogen-bond donors (Lipinski definition) is 5. The third-order valence-electron chi connectivity index (χ3n) is 5.45. The van der Waals surface area contributed by atoms with Crippen molar-refractivity contribution in [3.8, 4) is 0 Å². The van der Waals surface area contributed by atoms with E-state index in [1.807, 2.05) is 24.7 Å². The maximum absolute atomic E-state index is 13.6. The summed E-state index contributed by atoms with van der Waals surface area (Å²) in [5.41, 5.74) is 10.1. The van der Waals surface area contributed by atoms with Crippen molar-refractivity contribution in [2.75, 3.05) is 6.54 Å². The first-order valence-corrected chi connectivity index (χ1v) is 9.95. The van der Waals surface area contributed by atoms with Gasteiger partial charge in [0, 0.05) is 48.0 Å². The van der Waals surface area contributed by atoms with Crippen molar-refractivity contribution in [2.24, 2.45) is 10.7 Å². The quantitative estimate of drug-likeness (QED) is 0.355. The molecule has 0 saturated carbocycles. The fraction of sp³-hybridized carbons (Fsp3) is 0.174. The molecule has 3 heterocycles. The van der Waals surface area contributed by atoms with Crippen molar-refractivity contribution in [1.82, 2.24) is 20.6 Å². The van der Waals surface area contributed by atoms with E-state index in [4.69, 9.17) is 5.73 Å². The largest absolute Gasteiger partial charge is 0.361 e. The van der Waals surface area contributed by atoms with E-state index >= 15 is 0 Å². The number of guanidine groups is 1. The SMILES string of the molecule is NC1(Cc2ccc3[nH]ccc3c2)C=CNC(=NCCc2c[nH]c3ccc(F)cc23)N1. The fourth-order valence-electron chi connectivity index (χ4n) is 3.95. The summed E-state index contributed by atoms with van der Waals surface area (Å²) in [6.07, 6.45) is 8.91. The van der Waals surface area contributed by atoms with Crippen molar-refractivity contribution in [2.45, 2.75) is 18.5 Å². The summed E-state index contributed by atoms with van der Waals surface area (Å²) in [5.74, 6) is 0.398. The summed E-state index contributed by atoms with van der Waals surface area (Å²) in [6, 6.07) is 13.1. The number of hydrogen-bond acceptors (Lipinski definition) is 2. The molecule has 4 aromatic rings. The Kier molecular flexibility index (Phi) is 4.52. The van der Waals surface area contributed by atoms with E-state index in [0.717, 1.165) is 32.9 Å². The molecule has 0 amide bonds. The number of benzene rings is 2. The zero-order chi connectivity index (χ0) is 20.6. The molecule has 7 heteroatoms. The number of H-pyrrole nitrogens is 2. The second kappa shape index (κ2) is 7.35. The molecule has 1 aliphatic rings. The van der Waals surface area contributed by atoms with Gasteiger partial charge >= 0.3 is 0 Å². The highest BCUT2D eigenvalue weighted by atomic mass is 19.1. The van der Waals surface area contributed by atoms with Gasteiger partial charge in [0.15, 0.2) is 5.96 Å². The standard InChI is InChI=1S/C23H23FN6/c24-18-2-4-21-19(12-18)17(14-29-21)6-9-27-22-28-10-7-23(25,30-22)13-15-1-3-20-16(11-15)5-8-26-20/h1-5,7-8,10-12,14,26,29H,6,9,13,25H2,(H2,27,28,30). The third-order valence-corrected chi connectivity index (χ3v) is 5.45. The Morgan fingerprint density at radius 3 is 2.87 bits per heavy atom. The Hall–Kier alpha value is -3.58. The van der Waals surface area contributed by atoms with Crippen LogP contribution < -0.4 is 16.4 Å². The minimum atomic E-state index is -0.724. The number of nitrogens with one attached hydrogen (secondary N) is 4. The van der Waals surface area contributed by atoms with E-state index in [9.17, 15) is 4.39 Å². The molecule has 30 heavy (non-hydrogen) atoms. The molecule has 0 saturated heterocycles. The lowest BCUT2D eigenvalue weighted by Crippen LogP contribution is -2.61. The summed E-state index contributed by atoms with van der Waals surface area (Å²) in [4.78, 5) is 11.0. The minimum absolute atomic E-state index is 0.235. The van der Waals surface area contributed by atoms with Crippen molar-refractivity contribution >= 4 is 27.8 Å². The lowest BCUT2D eigenvalue weighted by Gasteiger charge is -2.32. The van der Waals surface area contributed by atoms with Gasteiger partial charge in [0.2, 0.25) is 0 Å². The van der Waals surface area contributed by atoms with Gasteiger partial charge in [0.25, 0.3) is 0 Å². The molecule has 1 unspecified atom stereocenters. The molecule has 2 aromatic heterocycles. The first kappa shape index (κ1) is 18.4. The average Bonchev–Trinajstić information content (AvgIpc) is 3.34. The molecule has 5 rings (SSSR count). The maximum atomic E-state index is 13.6. The lowest BCUT2D eigenvalue weighted by atomic mass is 9.98. The number of aromatic nitrogens is 2. The van der Waals surface area contributed by atoms with Crippen molar-refractivity contribution in [3.05, 3.63) is 84.1 Å². The smallest absolute Gasteiger partial charge is 0.197 e. The van der Waals surface area contributed by atoms with Crippen LogP contribution in [0.4, 0.5) is 4.39 Å². The number of aromatic amines is 2. The van der Waals surface area contributed by atoms with Crippen LogP contribution in [-0.2, 0) is 12.8 Å². The molecule has 1 aliphatic heterocycles. The molecule has 6 nitrogen and oxygen atoms in total. The van der Waals surface area contributed by atoms with Crippen LogP contribution >= 0.6 is 0 Å². The van der Waals surface area contributed by atoms with Crippen LogP contribution in [0.2, 0.25) is 0 Å². The second-order valence-electron chi connectivity index (χ2n) is 7.70. The van der Waals surface area contributed by atoms with E-state index in [0.29, 0.717) is 25.3 Å². The van der Waals surface area contributed by atoms with Crippen LogP contribution in [-0.4, -0.2) is 28.1 Å². The second-order valence-corrected chi connectivity index (χ2v) is 7.70. The van der Waals surface area contributed by atoms with Crippen molar-refractivity contribution < 1.29 is 4.39 Å². The number of rotatable bonds is 5. The van der Waals surface area contributed by atoms with Crippen LogP contribution in [0, 0.1) is 5.82 Å². The highest BCUT2D eigenvalue weighted by molar-refractivity contribution is 5.84. The van der Waals surface area contributed by atoms with Gasteiger partial charge < -0.3 is 26.3 Å². The molecule has 1 atom stereocenters. The van der Waals surface area contributed by atoms with E-state index in [1.165, 1.54) is 6.07 Å². The Labute approximate surface area is 173 Å².